The molecule has 7 heteroatoms. The summed E-state index contributed by atoms with van der Waals surface area (Å²) in [5.74, 6) is -1.12. The molecule has 0 aliphatic carbocycles. The fourth-order valence-corrected chi connectivity index (χ4v) is 2.19. The van der Waals surface area contributed by atoms with Crippen LogP contribution < -0.4 is 5.32 Å². The molecular formula is C13H23N3O4. The second-order valence-electron chi connectivity index (χ2n) is 5.90. The molecule has 1 saturated heterocycles. The molecule has 0 bridgehead atoms. The molecule has 20 heavy (non-hydrogen) atoms. The van der Waals surface area contributed by atoms with Gasteiger partial charge in [0.25, 0.3) is 0 Å². The smallest absolute Gasteiger partial charge is 0.320 e. The maximum absolute atomic E-state index is 12.2. The standard InChI is InChI=1S/C13H23N3O4/c1-9(2)14-10(17)7-15(4)12(20)16-6-5-13(3,8-16)11(18)19/h9H,5-8H2,1-4H3,(H,14,17)(H,18,19). The van der Waals surface area contributed by atoms with E-state index in [1.165, 1.54) is 9.80 Å². The number of hydrogen-bond donors (Lipinski definition) is 2. The molecule has 7 nitrogen and oxygen atoms in total. The van der Waals surface area contributed by atoms with Gasteiger partial charge >= 0.3 is 12.0 Å². The summed E-state index contributed by atoms with van der Waals surface area (Å²) in [7, 11) is 1.54. The quantitative estimate of drug-likeness (QED) is 0.780. The lowest BCUT2D eigenvalue weighted by molar-refractivity contribution is -0.147. The van der Waals surface area contributed by atoms with Gasteiger partial charge < -0.3 is 20.2 Å². The van der Waals surface area contributed by atoms with Crippen LogP contribution in [0.3, 0.4) is 0 Å². The van der Waals surface area contributed by atoms with Crippen molar-refractivity contribution in [3.63, 3.8) is 0 Å². The maximum atomic E-state index is 12.2. The number of carbonyl (C=O) groups excluding carboxylic acids is 2. The molecule has 1 fully saturated rings. The van der Waals surface area contributed by atoms with Crippen molar-refractivity contribution in [2.75, 3.05) is 26.7 Å². The van der Waals surface area contributed by atoms with Crippen molar-refractivity contribution in [1.29, 1.82) is 0 Å². The lowest BCUT2D eigenvalue weighted by Crippen LogP contribution is -2.46. The van der Waals surface area contributed by atoms with Gasteiger partial charge in [0.1, 0.15) is 6.54 Å². The number of likely N-dealkylation sites (N-methyl/N-ethyl adjacent to an activating group) is 1. The molecule has 0 aromatic rings. The van der Waals surface area contributed by atoms with E-state index < -0.39 is 11.4 Å². The van der Waals surface area contributed by atoms with Gasteiger partial charge in [-0.2, -0.15) is 0 Å². The van der Waals surface area contributed by atoms with E-state index in [1.54, 1.807) is 14.0 Å². The zero-order chi connectivity index (χ0) is 15.5. The van der Waals surface area contributed by atoms with Gasteiger partial charge in [0.05, 0.1) is 5.41 Å². The number of nitrogens with zero attached hydrogens (tertiary/aromatic N) is 2. The van der Waals surface area contributed by atoms with Crippen LogP contribution in [0.2, 0.25) is 0 Å². The van der Waals surface area contributed by atoms with Gasteiger partial charge in [0, 0.05) is 26.2 Å². The fourth-order valence-electron chi connectivity index (χ4n) is 2.19. The van der Waals surface area contributed by atoms with Crippen LogP contribution in [0.5, 0.6) is 0 Å². The third-order valence-corrected chi connectivity index (χ3v) is 3.42. The van der Waals surface area contributed by atoms with Gasteiger partial charge in [-0.25, -0.2) is 4.79 Å². The summed E-state index contributed by atoms with van der Waals surface area (Å²) in [6, 6.07) is -0.290. The highest BCUT2D eigenvalue weighted by Gasteiger charge is 2.42. The summed E-state index contributed by atoms with van der Waals surface area (Å²) < 4.78 is 0. The van der Waals surface area contributed by atoms with Crippen molar-refractivity contribution in [3.8, 4) is 0 Å². The second-order valence-corrected chi connectivity index (χ2v) is 5.90. The Morgan fingerprint density at radius 2 is 2.00 bits per heavy atom. The lowest BCUT2D eigenvalue weighted by atomic mass is 9.90. The van der Waals surface area contributed by atoms with Crippen LogP contribution in [-0.4, -0.2) is 65.5 Å². The van der Waals surface area contributed by atoms with Crippen molar-refractivity contribution < 1.29 is 19.5 Å². The first-order chi connectivity index (χ1) is 9.15. The first kappa shape index (κ1) is 16.3. The minimum Gasteiger partial charge on any atom is -0.481 e. The molecule has 1 heterocycles. The molecule has 2 N–H and O–H groups in total. The van der Waals surface area contributed by atoms with E-state index in [0.717, 1.165) is 0 Å². The third kappa shape index (κ3) is 3.85. The van der Waals surface area contributed by atoms with Crippen LogP contribution in [-0.2, 0) is 9.59 Å². The van der Waals surface area contributed by atoms with E-state index in [1.807, 2.05) is 13.8 Å². The highest BCUT2D eigenvalue weighted by Crippen LogP contribution is 2.30. The lowest BCUT2D eigenvalue weighted by Gasteiger charge is -2.25. The van der Waals surface area contributed by atoms with Crippen LogP contribution in [0, 0.1) is 5.41 Å². The average molecular weight is 285 g/mol. The molecule has 1 aliphatic rings. The number of urea groups is 1. The first-order valence-electron chi connectivity index (χ1n) is 6.68. The minimum absolute atomic E-state index is 0.0214. The normalized spacial score (nSPS) is 21.9. The summed E-state index contributed by atoms with van der Waals surface area (Å²) in [6.07, 6.45) is 0.431. The summed E-state index contributed by atoms with van der Waals surface area (Å²) in [4.78, 5) is 37.7. The molecule has 0 radical (unpaired) electrons. The van der Waals surface area contributed by atoms with Gasteiger partial charge in [-0.3, -0.25) is 9.59 Å². The summed E-state index contributed by atoms with van der Waals surface area (Å²) in [5, 5.41) is 11.8. The van der Waals surface area contributed by atoms with E-state index in [4.69, 9.17) is 5.11 Å². The average Bonchev–Trinajstić information content (AvgIpc) is 2.71. The minimum atomic E-state index is -0.895. The molecule has 114 valence electrons. The monoisotopic (exact) mass is 285 g/mol. The molecule has 1 atom stereocenters. The molecule has 0 saturated carbocycles. The zero-order valence-corrected chi connectivity index (χ0v) is 12.5. The molecule has 1 rings (SSSR count). The Balaban J connectivity index is 2.55. The second kappa shape index (κ2) is 6.11. The van der Waals surface area contributed by atoms with Gasteiger partial charge in [0.15, 0.2) is 0 Å². The molecule has 0 aromatic heterocycles. The highest BCUT2D eigenvalue weighted by molar-refractivity contribution is 5.85. The molecule has 1 aliphatic heterocycles. The van der Waals surface area contributed by atoms with E-state index in [2.05, 4.69) is 5.32 Å². The van der Waals surface area contributed by atoms with E-state index in [0.29, 0.717) is 13.0 Å². The molecule has 3 amide bonds. The Morgan fingerprint density at radius 1 is 1.40 bits per heavy atom. The maximum Gasteiger partial charge on any atom is 0.320 e. The van der Waals surface area contributed by atoms with Crippen LogP contribution in [0.25, 0.3) is 0 Å². The Hall–Kier alpha value is -1.79. The molecule has 1 unspecified atom stereocenters. The van der Waals surface area contributed by atoms with Crippen molar-refractivity contribution in [3.05, 3.63) is 0 Å². The Morgan fingerprint density at radius 3 is 2.45 bits per heavy atom. The third-order valence-electron chi connectivity index (χ3n) is 3.42. The van der Waals surface area contributed by atoms with E-state index in [9.17, 15) is 14.4 Å². The summed E-state index contributed by atoms with van der Waals surface area (Å²) in [6.45, 7) is 5.87. The fraction of sp³-hybridized carbons (Fsp3) is 0.769. The van der Waals surface area contributed by atoms with Crippen molar-refractivity contribution >= 4 is 17.9 Å². The van der Waals surface area contributed by atoms with Gasteiger partial charge in [-0.05, 0) is 27.2 Å². The number of carbonyl (C=O) groups is 3. The highest BCUT2D eigenvalue weighted by atomic mass is 16.4. The molecule has 0 aromatic carbocycles. The first-order valence-corrected chi connectivity index (χ1v) is 6.68. The van der Waals surface area contributed by atoms with Crippen LogP contribution in [0.1, 0.15) is 27.2 Å². The predicted octanol–water partition coefficient (Wildman–Crippen LogP) is 0.359. The number of aliphatic carboxylic acids is 1. The summed E-state index contributed by atoms with van der Waals surface area (Å²) in [5.41, 5.74) is -0.892. The topological polar surface area (TPSA) is 90.0 Å². The Kier molecular flexibility index (Phi) is 4.97. The molecule has 0 spiro atoms. The van der Waals surface area contributed by atoms with E-state index >= 15 is 0 Å². The predicted molar refractivity (Wildman–Crippen MR) is 73.2 cm³/mol. The van der Waals surface area contributed by atoms with Crippen molar-refractivity contribution in [2.24, 2.45) is 5.41 Å². The number of amides is 3. The van der Waals surface area contributed by atoms with Crippen LogP contribution in [0.4, 0.5) is 4.79 Å². The number of carboxylic acids is 1. The zero-order valence-electron chi connectivity index (χ0n) is 12.5. The number of likely N-dealkylation sites (tertiary alicyclic amines) is 1. The number of nitrogens with one attached hydrogen (secondary N) is 1. The van der Waals surface area contributed by atoms with Crippen LogP contribution in [0.15, 0.2) is 0 Å². The van der Waals surface area contributed by atoms with Crippen LogP contribution >= 0.6 is 0 Å². The largest absolute Gasteiger partial charge is 0.481 e. The Bertz CT molecular complexity index is 410. The number of rotatable bonds is 4. The van der Waals surface area contributed by atoms with Crippen molar-refractivity contribution in [1.82, 2.24) is 15.1 Å². The SMILES string of the molecule is CC(C)NC(=O)CN(C)C(=O)N1CCC(C)(C(=O)O)C1. The number of carboxylic acid groups (broad SMARTS) is 1. The van der Waals surface area contributed by atoms with Gasteiger partial charge in [0.2, 0.25) is 5.91 Å². The van der Waals surface area contributed by atoms with Gasteiger partial charge in [-0.15, -0.1) is 0 Å². The molecular weight excluding hydrogens is 262 g/mol. The van der Waals surface area contributed by atoms with E-state index in [-0.39, 0.29) is 31.1 Å². The van der Waals surface area contributed by atoms with Gasteiger partial charge in [-0.1, -0.05) is 0 Å². The Labute approximate surface area is 118 Å². The number of hydrogen-bond acceptors (Lipinski definition) is 3. The summed E-state index contributed by atoms with van der Waals surface area (Å²) >= 11 is 0. The van der Waals surface area contributed by atoms with Crippen molar-refractivity contribution in [2.45, 2.75) is 33.2 Å².